The molecule has 126 valence electrons. The van der Waals surface area contributed by atoms with E-state index in [0.29, 0.717) is 19.5 Å². The second-order valence-corrected chi connectivity index (χ2v) is 6.01. The maximum absolute atomic E-state index is 12.3. The predicted molar refractivity (Wildman–Crippen MR) is 86.3 cm³/mol. The van der Waals surface area contributed by atoms with Crippen LogP contribution in [0.2, 0.25) is 0 Å². The summed E-state index contributed by atoms with van der Waals surface area (Å²) in [5, 5.41) is 9.10. The molecule has 1 unspecified atom stereocenters. The molecule has 1 aliphatic heterocycles. The molecule has 1 saturated heterocycles. The molecule has 2 rings (SSSR count). The molecule has 1 aliphatic rings. The van der Waals surface area contributed by atoms with Gasteiger partial charge < -0.3 is 14.7 Å². The van der Waals surface area contributed by atoms with Gasteiger partial charge in [-0.25, -0.2) is 0 Å². The van der Waals surface area contributed by atoms with E-state index >= 15 is 0 Å². The fourth-order valence-electron chi connectivity index (χ4n) is 2.81. The van der Waals surface area contributed by atoms with E-state index in [0.717, 1.165) is 24.3 Å². The average Bonchev–Trinajstić information content (AvgIpc) is 2.55. The minimum atomic E-state index is -0.770. The molecule has 1 heterocycles. The Balaban J connectivity index is 1.85. The summed E-state index contributed by atoms with van der Waals surface area (Å²) < 4.78 is 5.12. The van der Waals surface area contributed by atoms with Gasteiger partial charge in [0, 0.05) is 20.1 Å². The summed E-state index contributed by atoms with van der Waals surface area (Å²) in [5.74, 6) is -0.334. The van der Waals surface area contributed by atoms with Gasteiger partial charge in [-0.3, -0.25) is 14.5 Å². The highest BCUT2D eigenvalue weighted by Crippen LogP contribution is 2.17. The SMILES string of the molecule is COc1ccc(CN(C)C(=O)CN2CCCC(C(=O)O)C2)cc1. The first-order chi connectivity index (χ1) is 11.0. The average molecular weight is 320 g/mol. The number of aliphatic carboxylic acids is 1. The predicted octanol–water partition coefficient (Wildman–Crippen LogP) is 1.45. The Morgan fingerprint density at radius 2 is 2.04 bits per heavy atom. The van der Waals surface area contributed by atoms with E-state index < -0.39 is 5.97 Å². The topological polar surface area (TPSA) is 70.1 Å². The molecule has 0 aliphatic carbocycles. The molecule has 0 radical (unpaired) electrons. The number of carboxylic acid groups (broad SMARTS) is 1. The molecule has 1 aromatic rings. The van der Waals surface area contributed by atoms with Gasteiger partial charge in [-0.2, -0.15) is 0 Å². The van der Waals surface area contributed by atoms with Crippen LogP contribution in [0, 0.1) is 5.92 Å². The van der Waals surface area contributed by atoms with E-state index in [2.05, 4.69) is 0 Å². The van der Waals surface area contributed by atoms with Crippen molar-refractivity contribution in [2.45, 2.75) is 19.4 Å². The maximum atomic E-state index is 12.3. The molecule has 0 spiro atoms. The van der Waals surface area contributed by atoms with Gasteiger partial charge in [-0.1, -0.05) is 12.1 Å². The number of methoxy groups -OCH3 is 1. The highest BCUT2D eigenvalue weighted by Gasteiger charge is 2.27. The molecule has 0 saturated carbocycles. The van der Waals surface area contributed by atoms with Crippen LogP contribution in [0.3, 0.4) is 0 Å². The van der Waals surface area contributed by atoms with Gasteiger partial charge >= 0.3 is 5.97 Å². The van der Waals surface area contributed by atoms with Crippen LogP contribution in [0.15, 0.2) is 24.3 Å². The number of hydrogen-bond acceptors (Lipinski definition) is 4. The number of hydrogen-bond donors (Lipinski definition) is 1. The number of carbonyl (C=O) groups is 2. The molecular formula is C17H24N2O4. The first-order valence-electron chi connectivity index (χ1n) is 7.81. The summed E-state index contributed by atoms with van der Waals surface area (Å²) in [4.78, 5) is 27.0. The summed E-state index contributed by atoms with van der Waals surface area (Å²) in [5.41, 5.74) is 1.03. The number of likely N-dealkylation sites (tertiary alicyclic amines) is 1. The number of nitrogens with zero attached hydrogens (tertiary/aromatic N) is 2. The number of amides is 1. The zero-order valence-corrected chi connectivity index (χ0v) is 13.7. The molecule has 1 N–H and O–H groups in total. The fraction of sp³-hybridized carbons (Fsp3) is 0.529. The molecule has 0 aromatic heterocycles. The lowest BCUT2D eigenvalue weighted by molar-refractivity contribution is -0.144. The van der Waals surface area contributed by atoms with Crippen molar-refractivity contribution < 1.29 is 19.4 Å². The second kappa shape index (κ2) is 7.97. The summed E-state index contributed by atoms with van der Waals surface area (Å²) >= 11 is 0. The highest BCUT2D eigenvalue weighted by atomic mass is 16.5. The van der Waals surface area contributed by atoms with Crippen molar-refractivity contribution in [3.05, 3.63) is 29.8 Å². The third-order valence-electron chi connectivity index (χ3n) is 4.22. The number of carboxylic acids is 1. The van der Waals surface area contributed by atoms with E-state index in [1.165, 1.54) is 0 Å². The number of likely N-dealkylation sites (N-methyl/N-ethyl adjacent to an activating group) is 1. The van der Waals surface area contributed by atoms with Crippen LogP contribution in [0.25, 0.3) is 0 Å². The van der Waals surface area contributed by atoms with Crippen LogP contribution >= 0.6 is 0 Å². The van der Waals surface area contributed by atoms with Crippen LogP contribution < -0.4 is 4.74 Å². The molecule has 1 amide bonds. The van der Waals surface area contributed by atoms with Gasteiger partial charge in [0.25, 0.3) is 0 Å². The standard InChI is InChI=1S/C17H24N2O4/c1-18(10-13-5-7-15(23-2)8-6-13)16(20)12-19-9-3-4-14(11-19)17(21)22/h5-8,14H,3-4,9-12H2,1-2H3,(H,21,22). The number of ether oxygens (including phenoxy) is 1. The van der Waals surface area contributed by atoms with Gasteiger partial charge in [0.2, 0.25) is 5.91 Å². The van der Waals surface area contributed by atoms with Gasteiger partial charge in [0.05, 0.1) is 19.6 Å². The van der Waals surface area contributed by atoms with Gasteiger partial charge in [0.15, 0.2) is 0 Å². The van der Waals surface area contributed by atoms with E-state index in [4.69, 9.17) is 9.84 Å². The normalized spacial score (nSPS) is 18.4. The summed E-state index contributed by atoms with van der Waals surface area (Å²) in [7, 11) is 3.39. The Bertz CT molecular complexity index is 544. The molecule has 6 nitrogen and oxygen atoms in total. The quantitative estimate of drug-likeness (QED) is 0.859. The van der Waals surface area contributed by atoms with Crippen LogP contribution in [0.1, 0.15) is 18.4 Å². The van der Waals surface area contributed by atoms with Gasteiger partial charge in [0.1, 0.15) is 5.75 Å². The zero-order chi connectivity index (χ0) is 16.8. The lowest BCUT2D eigenvalue weighted by atomic mass is 9.98. The van der Waals surface area contributed by atoms with Crippen molar-refractivity contribution >= 4 is 11.9 Å². The number of benzene rings is 1. The maximum Gasteiger partial charge on any atom is 0.307 e. The minimum Gasteiger partial charge on any atom is -0.497 e. The molecule has 1 fully saturated rings. The van der Waals surface area contributed by atoms with Crippen molar-refractivity contribution in [1.29, 1.82) is 0 Å². The molecule has 0 bridgehead atoms. The zero-order valence-electron chi connectivity index (χ0n) is 13.7. The Morgan fingerprint density at radius 1 is 1.35 bits per heavy atom. The van der Waals surface area contributed by atoms with Crippen molar-refractivity contribution in [2.75, 3.05) is 33.8 Å². The smallest absolute Gasteiger partial charge is 0.307 e. The minimum absolute atomic E-state index is 0.00635. The van der Waals surface area contributed by atoms with Gasteiger partial charge in [-0.05, 0) is 37.1 Å². The van der Waals surface area contributed by atoms with E-state index in [-0.39, 0.29) is 18.4 Å². The summed E-state index contributed by atoms with van der Waals surface area (Å²) in [6, 6.07) is 7.61. The first kappa shape index (κ1) is 17.3. The number of rotatable bonds is 6. The number of carbonyl (C=O) groups excluding carboxylic acids is 1. The van der Waals surface area contributed by atoms with Crippen molar-refractivity contribution in [3.63, 3.8) is 0 Å². The third-order valence-corrected chi connectivity index (χ3v) is 4.22. The van der Waals surface area contributed by atoms with Crippen molar-refractivity contribution in [2.24, 2.45) is 5.92 Å². The van der Waals surface area contributed by atoms with Gasteiger partial charge in [-0.15, -0.1) is 0 Å². The first-order valence-corrected chi connectivity index (χ1v) is 7.81. The highest BCUT2D eigenvalue weighted by molar-refractivity contribution is 5.78. The van der Waals surface area contributed by atoms with E-state index in [1.54, 1.807) is 19.1 Å². The lowest BCUT2D eigenvalue weighted by Gasteiger charge is -2.31. The monoisotopic (exact) mass is 320 g/mol. The molecular weight excluding hydrogens is 296 g/mol. The molecule has 1 aromatic carbocycles. The van der Waals surface area contributed by atoms with Crippen LogP contribution in [-0.4, -0.2) is 60.6 Å². The summed E-state index contributed by atoms with van der Waals surface area (Å²) in [6.45, 7) is 2.04. The molecule has 1 atom stereocenters. The summed E-state index contributed by atoms with van der Waals surface area (Å²) in [6.07, 6.45) is 1.52. The number of piperidine rings is 1. The molecule has 23 heavy (non-hydrogen) atoms. The third kappa shape index (κ3) is 4.96. The molecule has 6 heteroatoms. The Labute approximate surface area is 136 Å². The van der Waals surface area contributed by atoms with Crippen LogP contribution in [0.4, 0.5) is 0 Å². The van der Waals surface area contributed by atoms with E-state index in [9.17, 15) is 9.59 Å². The Hall–Kier alpha value is -2.08. The largest absolute Gasteiger partial charge is 0.497 e. The van der Waals surface area contributed by atoms with Crippen molar-refractivity contribution in [1.82, 2.24) is 9.80 Å². The second-order valence-electron chi connectivity index (χ2n) is 6.01. The Kier molecular flexibility index (Phi) is 5.98. The van der Waals surface area contributed by atoms with Crippen LogP contribution in [-0.2, 0) is 16.1 Å². The van der Waals surface area contributed by atoms with E-state index in [1.807, 2.05) is 29.2 Å². The lowest BCUT2D eigenvalue weighted by Crippen LogP contribution is -2.44. The fourth-order valence-corrected chi connectivity index (χ4v) is 2.81. The van der Waals surface area contributed by atoms with Crippen molar-refractivity contribution in [3.8, 4) is 5.75 Å². The van der Waals surface area contributed by atoms with Crippen LogP contribution in [0.5, 0.6) is 5.75 Å². The Morgan fingerprint density at radius 3 is 2.65 bits per heavy atom.